The van der Waals surface area contributed by atoms with Gasteiger partial charge in [-0.1, -0.05) is 23.7 Å². The Hall–Kier alpha value is -3.16. The number of nitrogens with one attached hydrogen (secondary N) is 2. The number of anilines is 4. The van der Waals surface area contributed by atoms with Gasteiger partial charge in [0.25, 0.3) is 0 Å². The summed E-state index contributed by atoms with van der Waals surface area (Å²) in [5, 5.41) is 15.1. The van der Waals surface area contributed by atoms with Gasteiger partial charge in [-0.25, -0.2) is 0 Å². The Morgan fingerprint density at radius 2 is 1.73 bits per heavy atom. The molecule has 1 aliphatic rings. The van der Waals surface area contributed by atoms with Gasteiger partial charge < -0.3 is 20.3 Å². The lowest BCUT2D eigenvalue weighted by Crippen LogP contribution is -2.36. The lowest BCUT2D eigenvalue weighted by molar-refractivity contribution is -0.115. The normalized spacial score (nSPS) is 13.7. The van der Waals surface area contributed by atoms with Crippen LogP contribution in [0.25, 0.3) is 0 Å². The van der Waals surface area contributed by atoms with Gasteiger partial charge in [-0.15, -0.1) is 5.10 Å². The fourth-order valence-electron chi connectivity index (χ4n) is 3.19. The van der Waals surface area contributed by atoms with E-state index in [1.54, 1.807) is 18.3 Å². The molecule has 3 aromatic rings. The van der Waals surface area contributed by atoms with E-state index in [-0.39, 0.29) is 5.91 Å². The molecule has 0 radical (unpaired) electrons. The predicted octanol–water partition coefficient (Wildman–Crippen LogP) is 3.89. The molecule has 30 heavy (non-hydrogen) atoms. The molecule has 1 fully saturated rings. The van der Waals surface area contributed by atoms with E-state index in [2.05, 4.69) is 25.7 Å². The number of hydrogen-bond acceptors (Lipinski definition) is 6. The van der Waals surface area contributed by atoms with Crippen molar-refractivity contribution in [1.29, 1.82) is 0 Å². The van der Waals surface area contributed by atoms with Crippen molar-refractivity contribution in [3.05, 3.63) is 71.4 Å². The maximum atomic E-state index is 12.2. The van der Waals surface area contributed by atoms with E-state index < -0.39 is 0 Å². The van der Waals surface area contributed by atoms with Crippen LogP contribution in [0.2, 0.25) is 5.02 Å². The van der Waals surface area contributed by atoms with Crippen molar-refractivity contribution in [3.8, 4) is 0 Å². The number of amides is 1. The summed E-state index contributed by atoms with van der Waals surface area (Å²) in [7, 11) is 0. The molecule has 2 heterocycles. The molecule has 2 aromatic carbocycles. The number of hydrogen-bond donors (Lipinski definition) is 2. The van der Waals surface area contributed by atoms with Crippen molar-refractivity contribution in [2.75, 3.05) is 41.8 Å². The van der Waals surface area contributed by atoms with Crippen LogP contribution in [0, 0.1) is 0 Å². The van der Waals surface area contributed by atoms with Crippen LogP contribution >= 0.6 is 11.6 Å². The topological polar surface area (TPSA) is 79.4 Å². The second-order valence-corrected chi connectivity index (χ2v) is 7.39. The Balaban J connectivity index is 1.34. The van der Waals surface area contributed by atoms with Crippen LogP contribution in [0.3, 0.4) is 0 Å². The number of carbonyl (C=O) groups excluding carboxylic acids is 1. The van der Waals surface area contributed by atoms with Crippen LogP contribution < -0.4 is 15.5 Å². The van der Waals surface area contributed by atoms with Gasteiger partial charge in [0.1, 0.15) is 0 Å². The Kier molecular flexibility index (Phi) is 6.41. The molecule has 154 valence electrons. The van der Waals surface area contributed by atoms with Gasteiger partial charge in [0.2, 0.25) is 5.91 Å². The molecule has 0 bridgehead atoms. The maximum absolute atomic E-state index is 12.2. The van der Waals surface area contributed by atoms with Crippen LogP contribution in [-0.2, 0) is 16.0 Å². The van der Waals surface area contributed by atoms with E-state index in [4.69, 9.17) is 16.3 Å². The largest absolute Gasteiger partial charge is 0.378 e. The minimum Gasteiger partial charge on any atom is -0.378 e. The number of rotatable bonds is 6. The zero-order valence-electron chi connectivity index (χ0n) is 16.3. The molecule has 8 heteroatoms. The van der Waals surface area contributed by atoms with Gasteiger partial charge >= 0.3 is 0 Å². The van der Waals surface area contributed by atoms with Crippen LogP contribution in [0.1, 0.15) is 5.56 Å². The molecule has 1 aromatic heterocycles. The minimum atomic E-state index is -0.0814. The zero-order valence-corrected chi connectivity index (χ0v) is 17.1. The third kappa shape index (κ3) is 5.46. The Morgan fingerprint density at radius 3 is 2.47 bits per heavy atom. The van der Waals surface area contributed by atoms with Gasteiger partial charge in [-0.3, -0.25) is 4.79 Å². The summed E-state index contributed by atoms with van der Waals surface area (Å²) in [6.07, 6.45) is 2.05. The molecule has 0 spiro atoms. The van der Waals surface area contributed by atoms with E-state index in [1.165, 1.54) is 0 Å². The Bertz CT molecular complexity index is 989. The number of carbonyl (C=O) groups is 1. The quantitative estimate of drug-likeness (QED) is 0.626. The first kappa shape index (κ1) is 20.1. The van der Waals surface area contributed by atoms with Crippen molar-refractivity contribution < 1.29 is 9.53 Å². The van der Waals surface area contributed by atoms with Gasteiger partial charge in [0.15, 0.2) is 5.82 Å². The lowest BCUT2D eigenvalue weighted by Gasteiger charge is -2.28. The second kappa shape index (κ2) is 9.56. The first-order chi connectivity index (χ1) is 14.7. The van der Waals surface area contributed by atoms with Crippen molar-refractivity contribution >= 4 is 40.4 Å². The highest BCUT2D eigenvalue weighted by Gasteiger charge is 2.12. The predicted molar refractivity (Wildman–Crippen MR) is 119 cm³/mol. The van der Waals surface area contributed by atoms with Crippen molar-refractivity contribution in [2.24, 2.45) is 0 Å². The zero-order chi connectivity index (χ0) is 20.8. The average molecular weight is 424 g/mol. The van der Waals surface area contributed by atoms with Crippen molar-refractivity contribution in [1.82, 2.24) is 10.2 Å². The average Bonchev–Trinajstić information content (AvgIpc) is 2.77. The lowest BCUT2D eigenvalue weighted by atomic mass is 10.1. The molecule has 4 rings (SSSR count). The van der Waals surface area contributed by atoms with Gasteiger partial charge in [0.05, 0.1) is 31.5 Å². The van der Waals surface area contributed by atoms with Crippen LogP contribution in [0.15, 0.2) is 60.8 Å². The SMILES string of the molecule is O=C(Cc1ccc(Cl)cc1)Nc1ccc(Nc2cc(N3CCOCC3)cnn2)cc1. The standard InChI is InChI=1S/C22H22ClN5O2/c23-17-3-1-16(2-4-17)13-22(29)26-19-7-5-18(6-8-19)25-21-14-20(15-24-27-21)28-9-11-30-12-10-28/h1-8,14-15H,9-13H2,(H,25,27)(H,26,29). The monoisotopic (exact) mass is 423 g/mol. The minimum absolute atomic E-state index is 0.0814. The van der Waals surface area contributed by atoms with Crippen molar-refractivity contribution in [2.45, 2.75) is 6.42 Å². The van der Waals surface area contributed by atoms with Gasteiger partial charge in [0, 0.05) is 35.6 Å². The molecule has 1 aliphatic heterocycles. The summed E-state index contributed by atoms with van der Waals surface area (Å²) in [4.78, 5) is 14.5. The molecule has 7 nitrogen and oxygen atoms in total. The molecule has 2 N–H and O–H groups in total. The highest BCUT2D eigenvalue weighted by molar-refractivity contribution is 6.30. The third-order valence-electron chi connectivity index (χ3n) is 4.74. The third-order valence-corrected chi connectivity index (χ3v) is 4.99. The van der Waals surface area contributed by atoms with E-state index in [1.807, 2.05) is 42.5 Å². The molecular formula is C22H22ClN5O2. The van der Waals surface area contributed by atoms with Crippen LogP contribution in [0.4, 0.5) is 22.9 Å². The maximum Gasteiger partial charge on any atom is 0.228 e. The number of halogens is 1. The number of nitrogens with zero attached hydrogens (tertiary/aromatic N) is 3. The molecule has 1 saturated heterocycles. The van der Waals surface area contributed by atoms with E-state index in [0.717, 1.165) is 48.9 Å². The highest BCUT2D eigenvalue weighted by Crippen LogP contribution is 2.22. The molecule has 0 unspecified atom stereocenters. The fourth-order valence-corrected chi connectivity index (χ4v) is 3.32. The highest BCUT2D eigenvalue weighted by atomic mass is 35.5. The first-order valence-electron chi connectivity index (χ1n) is 9.72. The first-order valence-corrected chi connectivity index (χ1v) is 10.1. The second-order valence-electron chi connectivity index (χ2n) is 6.95. The number of ether oxygens (including phenoxy) is 1. The summed E-state index contributed by atoms with van der Waals surface area (Å²) in [6, 6.07) is 16.7. The molecule has 0 atom stereocenters. The Labute approximate surface area is 180 Å². The van der Waals surface area contributed by atoms with E-state index >= 15 is 0 Å². The molecule has 0 saturated carbocycles. The number of morpholine rings is 1. The van der Waals surface area contributed by atoms with Crippen molar-refractivity contribution in [3.63, 3.8) is 0 Å². The summed E-state index contributed by atoms with van der Waals surface area (Å²) in [5.41, 5.74) is 3.52. The van der Waals surface area contributed by atoms with Gasteiger partial charge in [-0.2, -0.15) is 5.10 Å². The van der Waals surface area contributed by atoms with Gasteiger partial charge in [-0.05, 0) is 42.0 Å². The smallest absolute Gasteiger partial charge is 0.228 e. The summed E-state index contributed by atoms with van der Waals surface area (Å²) in [6.45, 7) is 3.12. The summed E-state index contributed by atoms with van der Waals surface area (Å²) in [5.74, 6) is 0.584. The fraction of sp³-hybridized carbons (Fsp3) is 0.227. The van der Waals surface area contributed by atoms with E-state index in [0.29, 0.717) is 17.3 Å². The molecular weight excluding hydrogens is 402 g/mol. The summed E-state index contributed by atoms with van der Waals surface area (Å²) < 4.78 is 5.40. The molecule has 0 aliphatic carbocycles. The molecule has 1 amide bonds. The number of aromatic nitrogens is 2. The number of benzene rings is 2. The van der Waals surface area contributed by atoms with E-state index in [9.17, 15) is 4.79 Å². The summed E-state index contributed by atoms with van der Waals surface area (Å²) >= 11 is 5.88. The Morgan fingerprint density at radius 1 is 1.03 bits per heavy atom. The van der Waals surface area contributed by atoms with Crippen LogP contribution in [0.5, 0.6) is 0 Å². The van der Waals surface area contributed by atoms with Crippen LogP contribution in [-0.4, -0.2) is 42.4 Å².